The molecule has 21 heavy (non-hydrogen) atoms. The summed E-state index contributed by atoms with van der Waals surface area (Å²) in [4.78, 5) is 10.8. The fourth-order valence-corrected chi connectivity index (χ4v) is 2.06. The minimum atomic E-state index is -0.417. The van der Waals surface area contributed by atoms with Crippen molar-refractivity contribution in [3.8, 4) is 11.5 Å². The standard InChI is InChI=1S/C15H24N2O4/c1-10(2)6-7-11(3)16-12-8-14(20-4)15(21-5)9-13(12)17(18)19/h8-11,16H,6-7H2,1-5H3. The maximum atomic E-state index is 11.2. The highest BCUT2D eigenvalue weighted by atomic mass is 16.6. The van der Waals surface area contributed by atoms with Gasteiger partial charge in [0.25, 0.3) is 5.69 Å². The third kappa shape index (κ3) is 4.81. The molecule has 0 bridgehead atoms. The summed E-state index contributed by atoms with van der Waals surface area (Å²) >= 11 is 0. The van der Waals surface area contributed by atoms with Gasteiger partial charge in [-0.15, -0.1) is 0 Å². The first-order valence-corrected chi connectivity index (χ1v) is 7.06. The summed E-state index contributed by atoms with van der Waals surface area (Å²) in [5.74, 6) is 1.43. The highest BCUT2D eigenvalue weighted by Crippen LogP contribution is 2.38. The Labute approximate surface area is 125 Å². The summed E-state index contributed by atoms with van der Waals surface area (Å²) in [6.45, 7) is 6.33. The molecule has 6 heteroatoms. The van der Waals surface area contributed by atoms with Crippen molar-refractivity contribution >= 4 is 11.4 Å². The molecule has 1 rings (SSSR count). The molecule has 1 atom stereocenters. The van der Waals surface area contributed by atoms with Gasteiger partial charge in [0, 0.05) is 12.1 Å². The van der Waals surface area contributed by atoms with Crippen LogP contribution in [0.2, 0.25) is 0 Å². The molecule has 1 aromatic rings. The molecule has 0 saturated heterocycles. The van der Waals surface area contributed by atoms with E-state index in [0.717, 1.165) is 12.8 Å². The zero-order valence-electron chi connectivity index (χ0n) is 13.3. The summed E-state index contributed by atoms with van der Waals surface area (Å²) in [6.07, 6.45) is 2.01. The van der Waals surface area contributed by atoms with Gasteiger partial charge >= 0.3 is 0 Å². The molecule has 0 radical (unpaired) electrons. The monoisotopic (exact) mass is 296 g/mol. The number of methoxy groups -OCH3 is 2. The number of hydrogen-bond donors (Lipinski definition) is 1. The van der Waals surface area contributed by atoms with Crippen molar-refractivity contribution in [3.05, 3.63) is 22.2 Å². The highest BCUT2D eigenvalue weighted by molar-refractivity contribution is 5.68. The van der Waals surface area contributed by atoms with Crippen molar-refractivity contribution < 1.29 is 14.4 Å². The molecule has 0 saturated carbocycles. The molecule has 1 aromatic carbocycles. The van der Waals surface area contributed by atoms with Gasteiger partial charge in [0.1, 0.15) is 5.69 Å². The normalized spacial score (nSPS) is 12.1. The molecular formula is C15H24N2O4. The van der Waals surface area contributed by atoms with Crippen molar-refractivity contribution in [2.24, 2.45) is 5.92 Å². The number of nitro benzene ring substituents is 1. The largest absolute Gasteiger partial charge is 0.493 e. The Morgan fingerprint density at radius 1 is 1.14 bits per heavy atom. The Balaban J connectivity index is 3.01. The first kappa shape index (κ1) is 17.1. The van der Waals surface area contributed by atoms with E-state index in [2.05, 4.69) is 19.2 Å². The lowest BCUT2D eigenvalue weighted by Gasteiger charge is -2.17. The molecule has 0 fully saturated rings. The van der Waals surface area contributed by atoms with Gasteiger partial charge in [0.05, 0.1) is 25.2 Å². The first-order valence-electron chi connectivity index (χ1n) is 7.06. The summed E-state index contributed by atoms with van der Waals surface area (Å²) in [5.41, 5.74) is 0.443. The minimum Gasteiger partial charge on any atom is -0.493 e. The van der Waals surface area contributed by atoms with Gasteiger partial charge in [-0.2, -0.15) is 0 Å². The Morgan fingerprint density at radius 3 is 2.19 bits per heavy atom. The molecule has 0 aliphatic rings. The number of rotatable bonds is 8. The van der Waals surface area contributed by atoms with Crippen LogP contribution in [0.25, 0.3) is 0 Å². The van der Waals surface area contributed by atoms with Crippen LogP contribution < -0.4 is 14.8 Å². The van der Waals surface area contributed by atoms with Gasteiger partial charge in [0.15, 0.2) is 11.5 Å². The number of nitrogens with zero attached hydrogens (tertiary/aromatic N) is 1. The van der Waals surface area contributed by atoms with E-state index in [1.165, 1.54) is 20.3 Å². The number of anilines is 1. The van der Waals surface area contributed by atoms with E-state index < -0.39 is 4.92 Å². The first-order chi connectivity index (χ1) is 9.88. The molecule has 0 aliphatic heterocycles. The zero-order chi connectivity index (χ0) is 16.0. The van der Waals surface area contributed by atoms with Gasteiger partial charge in [0.2, 0.25) is 0 Å². The maximum Gasteiger partial charge on any atom is 0.296 e. The maximum absolute atomic E-state index is 11.2. The van der Waals surface area contributed by atoms with Crippen LogP contribution in [-0.4, -0.2) is 25.2 Å². The van der Waals surface area contributed by atoms with E-state index in [4.69, 9.17) is 9.47 Å². The smallest absolute Gasteiger partial charge is 0.296 e. The molecule has 1 unspecified atom stereocenters. The van der Waals surface area contributed by atoms with Gasteiger partial charge < -0.3 is 14.8 Å². The van der Waals surface area contributed by atoms with Crippen molar-refractivity contribution in [1.29, 1.82) is 0 Å². The number of nitrogens with one attached hydrogen (secondary N) is 1. The summed E-state index contributed by atoms with van der Waals surface area (Å²) in [6, 6.07) is 3.14. The Bertz CT molecular complexity index is 489. The average molecular weight is 296 g/mol. The Hall–Kier alpha value is -1.98. The molecule has 118 valence electrons. The average Bonchev–Trinajstić information content (AvgIpc) is 2.44. The zero-order valence-corrected chi connectivity index (χ0v) is 13.3. The fourth-order valence-electron chi connectivity index (χ4n) is 2.06. The lowest BCUT2D eigenvalue weighted by molar-refractivity contribution is -0.384. The van der Waals surface area contributed by atoms with E-state index in [9.17, 15) is 10.1 Å². The number of hydrogen-bond acceptors (Lipinski definition) is 5. The fraction of sp³-hybridized carbons (Fsp3) is 0.600. The molecular weight excluding hydrogens is 272 g/mol. The second-order valence-corrected chi connectivity index (χ2v) is 5.50. The second kappa shape index (κ2) is 7.71. The van der Waals surface area contributed by atoms with E-state index in [0.29, 0.717) is 23.1 Å². The molecule has 0 spiro atoms. The van der Waals surface area contributed by atoms with Crippen LogP contribution in [0.5, 0.6) is 11.5 Å². The van der Waals surface area contributed by atoms with Gasteiger partial charge in [-0.3, -0.25) is 10.1 Å². The van der Waals surface area contributed by atoms with Crippen LogP contribution in [0.3, 0.4) is 0 Å². The quantitative estimate of drug-likeness (QED) is 0.582. The topological polar surface area (TPSA) is 73.6 Å². The lowest BCUT2D eigenvalue weighted by Crippen LogP contribution is -2.17. The van der Waals surface area contributed by atoms with Crippen LogP contribution in [0.15, 0.2) is 12.1 Å². The Kier molecular flexibility index (Phi) is 6.27. The van der Waals surface area contributed by atoms with Gasteiger partial charge in [-0.1, -0.05) is 13.8 Å². The third-order valence-corrected chi connectivity index (χ3v) is 3.28. The molecule has 0 amide bonds. The van der Waals surface area contributed by atoms with Crippen molar-refractivity contribution in [2.45, 2.75) is 39.7 Å². The second-order valence-electron chi connectivity index (χ2n) is 5.50. The van der Waals surface area contributed by atoms with Crippen LogP contribution in [0, 0.1) is 16.0 Å². The number of benzene rings is 1. The number of nitro groups is 1. The predicted molar refractivity (Wildman–Crippen MR) is 83.4 cm³/mol. The van der Waals surface area contributed by atoms with Gasteiger partial charge in [-0.25, -0.2) is 0 Å². The van der Waals surface area contributed by atoms with Gasteiger partial charge in [-0.05, 0) is 25.7 Å². The molecule has 6 nitrogen and oxygen atoms in total. The van der Waals surface area contributed by atoms with E-state index in [1.54, 1.807) is 6.07 Å². The summed E-state index contributed by atoms with van der Waals surface area (Å²) < 4.78 is 10.3. The number of ether oxygens (including phenoxy) is 2. The van der Waals surface area contributed by atoms with Crippen LogP contribution in [-0.2, 0) is 0 Å². The van der Waals surface area contributed by atoms with E-state index in [-0.39, 0.29) is 11.7 Å². The van der Waals surface area contributed by atoms with E-state index >= 15 is 0 Å². The highest BCUT2D eigenvalue weighted by Gasteiger charge is 2.20. The summed E-state index contributed by atoms with van der Waals surface area (Å²) in [5, 5.41) is 14.4. The molecule has 1 N–H and O–H groups in total. The molecule has 0 aliphatic carbocycles. The summed E-state index contributed by atoms with van der Waals surface area (Å²) in [7, 11) is 2.97. The van der Waals surface area contributed by atoms with Crippen LogP contribution >= 0.6 is 0 Å². The minimum absolute atomic E-state index is 0.0101. The van der Waals surface area contributed by atoms with Crippen LogP contribution in [0.4, 0.5) is 11.4 Å². The molecule has 0 heterocycles. The lowest BCUT2D eigenvalue weighted by atomic mass is 10.0. The van der Waals surface area contributed by atoms with Crippen molar-refractivity contribution in [2.75, 3.05) is 19.5 Å². The predicted octanol–water partition coefficient (Wildman–Crippen LogP) is 3.85. The van der Waals surface area contributed by atoms with Crippen molar-refractivity contribution in [3.63, 3.8) is 0 Å². The van der Waals surface area contributed by atoms with Crippen molar-refractivity contribution in [1.82, 2.24) is 0 Å². The molecule has 0 aromatic heterocycles. The van der Waals surface area contributed by atoms with E-state index in [1.807, 2.05) is 6.92 Å². The third-order valence-electron chi connectivity index (χ3n) is 3.28. The van der Waals surface area contributed by atoms with Crippen LogP contribution in [0.1, 0.15) is 33.6 Å². The SMILES string of the molecule is COc1cc(NC(C)CCC(C)C)c([N+](=O)[O-])cc1OC. The Morgan fingerprint density at radius 2 is 1.71 bits per heavy atom.